The van der Waals surface area contributed by atoms with Gasteiger partial charge in [0, 0.05) is 17.6 Å². The lowest BCUT2D eigenvalue weighted by Gasteiger charge is -2.33. The van der Waals surface area contributed by atoms with Gasteiger partial charge in [0.1, 0.15) is 18.3 Å². The molecule has 2 amide bonds. The molecule has 0 aliphatic heterocycles. The number of carbonyl (C=O) groups is 2. The predicted molar refractivity (Wildman–Crippen MR) is 161 cm³/mol. The summed E-state index contributed by atoms with van der Waals surface area (Å²) < 4.78 is 34.7. The van der Waals surface area contributed by atoms with E-state index in [0.29, 0.717) is 24.4 Å². The van der Waals surface area contributed by atoms with E-state index in [4.69, 9.17) is 4.74 Å². The molecule has 8 nitrogen and oxygen atoms in total. The largest absolute Gasteiger partial charge is 0.497 e. The second kappa shape index (κ2) is 14.3. The maximum Gasteiger partial charge on any atom is 0.264 e. The van der Waals surface area contributed by atoms with E-state index >= 15 is 0 Å². The number of halogens is 1. The fourth-order valence-corrected chi connectivity index (χ4v) is 5.82. The minimum Gasteiger partial charge on any atom is -0.497 e. The minimum atomic E-state index is -4.10. The van der Waals surface area contributed by atoms with Crippen LogP contribution in [0.25, 0.3) is 0 Å². The standard InChI is InChI=1S/C30H36BrN3O5S/c1-5-28(30(36)32-19-22(2)3)33(20-23-11-17-26(39-4)18-12-23)29(35)21-34(25-15-13-24(31)14-16-25)40(37,38)27-9-7-6-8-10-27/h6-18,22,28H,5,19-21H2,1-4H3,(H,32,36)/t28-/m0/s1. The monoisotopic (exact) mass is 629 g/mol. The molecular weight excluding hydrogens is 594 g/mol. The predicted octanol–water partition coefficient (Wildman–Crippen LogP) is 5.23. The Kier molecular flexibility index (Phi) is 11.2. The summed E-state index contributed by atoms with van der Waals surface area (Å²) in [7, 11) is -2.53. The molecular formula is C30H36BrN3O5S. The fourth-order valence-electron chi connectivity index (χ4n) is 4.13. The van der Waals surface area contributed by atoms with Gasteiger partial charge in [0.2, 0.25) is 11.8 Å². The third kappa shape index (κ3) is 8.08. The summed E-state index contributed by atoms with van der Waals surface area (Å²) in [6, 6.07) is 21.1. The lowest BCUT2D eigenvalue weighted by Crippen LogP contribution is -2.52. The number of benzene rings is 3. The number of hydrogen-bond donors (Lipinski definition) is 1. The van der Waals surface area contributed by atoms with Gasteiger partial charge >= 0.3 is 0 Å². The molecule has 1 N–H and O–H groups in total. The Hall–Kier alpha value is -3.37. The summed E-state index contributed by atoms with van der Waals surface area (Å²) in [5, 5.41) is 2.93. The van der Waals surface area contributed by atoms with E-state index in [9.17, 15) is 18.0 Å². The van der Waals surface area contributed by atoms with Crippen LogP contribution in [0.4, 0.5) is 5.69 Å². The molecule has 10 heteroatoms. The van der Waals surface area contributed by atoms with Gasteiger partial charge in [-0.2, -0.15) is 0 Å². The smallest absolute Gasteiger partial charge is 0.264 e. The van der Waals surface area contributed by atoms with E-state index in [0.717, 1.165) is 14.3 Å². The highest BCUT2D eigenvalue weighted by Gasteiger charge is 2.33. The van der Waals surface area contributed by atoms with Gasteiger partial charge < -0.3 is 15.0 Å². The molecule has 0 spiro atoms. The van der Waals surface area contributed by atoms with Crippen LogP contribution >= 0.6 is 15.9 Å². The molecule has 0 heterocycles. The maximum atomic E-state index is 14.0. The van der Waals surface area contributed by atoms with Crippen molar-refractivity contribution in [3.63, 3.8) is 0 Å². The zero-order valence-electron chi connectivity index (χ0n) is 23.2. The molecule has 0 radical (unpaired) electrons. The number of methoxy groups -OCH3 is 1. The van der Waals surface area contributed by atoms with Crippen LogP contribution in [0.1, 0.15) is 32.8 Å². The molecule has 3 rings (SSSR count). The van der Waals surface area contributed by atoms with Crippen molar-refractivity contribution in [2.45, 2.75) is 44.7 Å². The Balaban J connectivity index is 2.02. The third-order valence-electron chi connectivity index (χ3n) is 6.31. The number of anilines is 1. The zero-order valence-corrected chi connectivity index (χ0v) is 25.6. The number of ether oxygens (including phenoxy) is 1. The first-order valence-electron chi connectivity index (χ1n) is 13.1. The van der Waals surface area contributed by atoms with Crippen molar-refractivity contribution in [1.82, 2.24) is 10.2 Å². The van der Waals surface area contributed by atoms with Gasteiger partial charge in [-0.1, -0.05) is 67.0 Å². The van der Waals surface area contributed by atoms with E-state index in [2.05, 4.69) is 21.2 Å². The summed E-state index contributed by atoms with van der Waals surface area (Å²) in [6.45, 7) is 5.92. The molecule has 1 atom stereocenters. The van der Waals surface area contributed by atoms with Crippen LogP contribution in [0.3, 0.4) is 0 Å². The Bertz CT molecular complexity index is 1360. The van der Waals surface area contributed by atoms with Crippen molar-refractivity contribution < 1.29 is 22.7 Å². The number of hydrogen-bond acceptors (Lipinski definition) is 5. The van der Waals surface area contributed by atoms with Gasteiger partial charge in [0.05, 0.1) is 17.7 Å². The van der Waals surface area contributed by atoms with Crippen LogP contribution < -0.4 is 14.4 Å². The van der Waals surface area contributed by atoms with E-state index in [-0.39, 0.29) is 23.3 Å². The quantitative estimate of drug-likeness (QED) is 0.279. The van der Waals surface area contributed by atoms with Crippen LogP contribution in [0.2, 0.25) is 0 Å². The Morgan fingerprint density at radius 1 is 0.950 bits per heavy atom. The summed E-state index contributed by atoms with van der Waals surface area (Å²) in [4.78, 5) is 28.8. The molecule has 0 saturated heterocycles. The topological polar surface area (TPSA) is 96.0 Å². The molecule has 0 aliphatic carbocycles. The highest BCUT2D eigenvalue weighted by atomic mass is 79.9. The average Bonchev–Trinajstić information content (AvgIpc) is 2.95. The van der Waals surface area contributed by atoms with Crippen molar-refractivity contribution in [1.29, 1.82) is 0 Å². The number of amides is 2. The summed E-state index contributed by atoms with van der Waals surface area (Å²) in [5.41, 5.74) is 1.12. The van der Waals surface area contributed by atoms with E-state index in [1.54, 1.807) is 61.7 Å². The number of nitrogens with one attached hydrogen (secondary N) is 1. The second-order valence-corrected chi connectivity index (χ2v) is 12.5. The Morgan fingerprint density at radius 3 is 2.12 bits per heavy atom. The molecule has 3 aromatic carbocycles. The number of nitrogens with zero attached hydrogens (tertiary/aromatic N) is 2. The van der Waals surface area contributed by atoms with Crippen LogP contribution in [0.15, 0.2) is 88.2 Å². The fraction of sp³-hybridized carbons (Fsp3) is 0.333. The van der Waals surface area contributed by atoms with Crippen LogP contribution in [0.5, 0.6) is 5.75 Å². The normalized spacial score (nSPS) is 12.1. The Labute approximate surface area is 245 Å². The summed E-state index contributed by atoms with van der Waals surface area (Å²) in [6.07, 6.45) is 0.357. The van der Waals surface area contributed by atoms with Gasteiger partial charge in [0.15, 0.2) is 0 Å². The van der Waals surface area contributed by atoms with Crippen molar-refractivity contribution in [2.75, 3.05) is 24.5 Å². The number of carbonyl (C=O) groups excluding carboxylic acids is 2. The van der Waals surface area contributed by atoms with E-state index < -0.39 is 28.5 Å². The summed E-state index contributed by atoms with van der Waals surface area (Å²) in [5.74, 6) is 0.124. The van der Waals surface area contributed by atoms with Crippen LogP contribution in [0, 0.1) is 5.92 Å². The first-order chi connectivity index (χ1) is 19.1. The number of rotatable bonds is 13. The first-order valence-corrected chi connectivity index (χ1v) is 15.3. The van der Waals surface area contributed by atoms with Crippen molar-refractivity contribution in [3.8, 4) is 5.75 Å². The van der Waals surface area contributed by atoms with Crippen molar-refractivity contribution in [2.24, 2.45) is 5.92 Å². The second-order valence-electron chi connectivity index (χ2n) is 9.73. The molecule has 40 heavy (non-hydrogen) atoms. The third-order valence-corrected chi connectivity index (χ3v) is 8.62. The molecule has 0 bridgehead atoms. The van der Waals surface area contributed by atoms with Gasteiger partial charge in [-0.25, -0.2) is 8.42 Å². The highest BCUT2D eigenvalue weighted by molar-refractivity contribution is 9.10. The van der Waals surface area contributed by atoms with Gasteiger partial charge in [0.25, 0.3) is 10.0 Å². The summed E-state index contributed by atoms with van der Waals surface area (Å²) >= 11 is 3.38. The average molecular weight is 631 g/mol. The SMILES string of the molecule is CC[C@@H](C(=O)NCC(C)C)N(Cc1ccc(OC)cc1)C(=O)CN(c1ccc(Br)cc1)S(=O)(=O)c1ccccc1. The van der Waals surface area contributed by atoms with E-state index in [1.807, 2.05) is 32.9 Å². The Morgan fingerprint density at radius 2 is 1.57 bits per heavy atom. The molecule has 0 fully saturated rings. The van der Waals surface area contributed by atoms with Gasteiger partial charge in [-0.05, 0) is 66.4 Å². The lowest BCUT2D eigenvalue weighted by molar-refractivity contribution is -0.140. The van der Waals surface area contributed by atoms with Crippen molar-refractivity contribution in [3.05, 3.63) is 88.9 Å². The maximum absolute atomic E-state index is 14.0. The van der Waals surface area contributed by atoms with Gasteiger partial charge in [-0.15, -0.1) is 0 Å². The molecule has 3 aromatic rings. The molecule has 0 aliphatic rings. The molecule has 0 unspecified atom stereocenters. The number of sulfonamides is 1. The lowest BCUT2D eigenvalue weighted by atomic mass is 10.1. The first kappa shape index (κ1) is 31.2. The zero-order chi connectivity index (χ0) is 29.3. The van der Waals surface area contributed by atoms with Crippen molar-refractivity contribution >= 4 is 43.5 Å². The van der Waals surface area contributed by atoms with Gasteiger partial charge in [-0.3, -0.25) is 13.9 Å². The van der Waals surface area contributed by atoms with E-state index in [1.165, 1.54) is 17.0 Å². The molecule has 0 aromatic heterocycles. The molecule has 214 valence electrons. The highest BCUT2D eigenvalue weighted by Crippen LogP contribution is 2.26. The van der Waals surface area contributed by atoms with Crippen LogP contribution in [-0.4, -0.2) is 51.4 Å². The molecule has 0 saturated carbocycles. The van der Waals surface area contributed by atoms with Crippen LogP contribution in [-0.2, 0) is 26.2 Å². The minimum absolute atomic E-state index is 0.0640.